The molecule has 1 aromatic carbocycles. The van der Waals surface area contributed by atoms with E-state index in [2.05, 4.69) is 10.1 Å². The predicted molar refractivity (Wildman–Crippen MR) is 121 cm³/mol. The van der Waals surface area contributed by atoms with E-state index in [1.54, 1.807) is 6.07 Å². The Bertz CT molecular complexity index is 1370. The third kappa shape index (κ3) is 3.18. The second-order valence-electron chi connectivity index (χ2n) is 9.52. The number of benzene rings is 1. The van der Waals surface area contributed by atoms with Gasteiger partial charge in [0.25, 0.3) is 11.8 Å². The third-order valence-electron chi connectivity index (χ3n) is 7.17. The van der Waals surface area contributed by atoms with Crippen LogP contribution >= 0.6 is 0 Å². The van der Waals surface area contributed by atoms with Gasteiger partial charge in [-0.15, -0.1) is 0 Å². The molecule has 1 saturated carbocycles. The van der Waals surface area contributed by atoms with Crippen LogP contribution in [0.4, 0.5) is 0 Å². The number of aromatic nitrogens is 2. The molecular formula is C24H24N4O7. The fraction of sp³-hybridized carbons (Fsp3) is 0.375. The van der Waals surface area contributed by atoms with Crippen LogP contribution in [-0.2, 0) is 20.8 Å². The summed E-state index contributed by atoms with van der Waals surface area (Å²) in [6.45, 7) is 3.82. The molecule has 1 unspecified atom stereocenters. The quantitative estimate of drug-likeness (QED) is 0.316. The van der Waals surface area contributed by atoms with Crippen molar-refractivity contribution in [2.75, 3.05) is 0 Å². The first-order valence-corrected chi connectivity index (χ1v) is 11.2. The first-order valence-electron chi connectivity index (χ1n) is 11.2. The van der Waals surface area contributed by atoms with E-state index >= 15 is 0 Å². The van der Waals surface area contributed by atoms with Crippen LogP contribution in [0.5, 0.6) is 5.75 Å². The largest absolute Gasteiger partial charge is 0.510 e. The van der Waals surface area contributed by atoms with E-state index in [1.165, 1.54) is 6.07 Å². The highest BCUT2D eigenvalue weighted by molar-refractivity contribution is 6.28. The monoisotopic (exact) mass is 480 g/mol. The van der Waals surface area contributed by atoms with Crippen LogP contribution in [0.1, 0.15) is 43.1 Å². The molecule has 11 nitrogen and oxygen atoms in total. The number of aromatic hydroxyl groups is 1. The van der Waals surface area contributed by atoms with Crippen molar-refractivity contribution < 1.29 is 34.2 Å². The van der Waals surface area contributed by atoms with Crippen molar-refractivity contribution in [3.63, 3.8) is 0 Å². The summed E-state index contributed by atoms with van der Waals surface area (Å²) in [5, 5.41) is 36.1. The van der Waals surface area contributed by atoms with Gasteiger partial charge in [0, 0.05) is 17.1 Å². The number of ketones is 2. The van der Waals surface area contributed by atoms with Crippen molar-refractivity contribution in [3.05, 3.63) is 46.0 Å². The number of hydrogen-bond donors (Lipinski definition) is 5. The van der Waals surface area contributed by atoms with Gasteiger partial charge in [0.15, 0.2) is 17.4 Å². The summed E-state index contributed by atoms with van der Waals surface area (Å²) in [7, 11) is 0. The number of hydrogen-bond acceptors (Lipinski definition) is 10. The van der Waals surface area contributed by atoms with E-state index in [4.69, 9.17) is 16.0 Å². The fourth-order valence-corrected chi connectivity index (χ4v) is 5.48. The molecule has 0 spiro atoms. The number of carbonyl (C=O) groups is 3. The number of carbonyl (C=O) groups excluding carboxylic acids is 3. The van der Waals surface area contributed by atoms with Crippen LogP contribution in [0.3, 0.4) is 0 Å². The van der Waals surface area contributed by atoms with Crippen molar-refractivity contribution in [1.82, 2.24) is 10.1 Å². The maximum atomic E-state index is 13.5. The van der Waals surface area contributed by atoms with Crippen LogP contribution in [0.2, 0.25) is 0 Å². The van der Waals surface area contributed by atoms with E-state index < -0.39 is 58.4 Å². The minimum atomic E-state index is -1.37. The molecule has 11 heteroatoms. The van der Waals surface area contributed by atoms with Crippen LogP contribution in [0, 0.1) is 17.8 Å². The highest BCUT2D eigenvalue weighted by Gasteiger charge is 2.54. The van der Waals surface area contributed by atoms with Crippen molar-refractivity contribution in [2.45, 2.75) is 38.6 Å². The highest BCUT2D eigenvalue weighted by atomic mass is 16.5. The number of primary amides is 1. The third-order valence-corrected chi connectivity index (χ3v) is 7.17. The average Bonchev–Trinajstić information content (AvgIpc) is 3.27. The van der Waals surface area contributed by atoms with E-state index in [0.29, 0.717) is 17.0 Å². The van der Waals surface area contributed by atoms with Gasteiger partial charge < -0.3 is 31.3 Å². The Morgan fingerprint density at radius 1 is 1.17 bits per heavy atom. The standard InChI is InChI=1S/C24H24N4O7/c1-7(2)23-27-24(35-28-23)9-3-4-12(29)14-10(9)5-8-6-11-15(19(31)13(8)18(14)30)20(32)16(22(26)34)21(33)17(11)25/h3-4,7-8,11,15,17,29-30,33H,5-6,25H2,1-2H3,(H2,26,34)/t8-,11+,15?,17+/m0/s1. The Morgan fingerprint density at radius 2 is 1.89 bits per heavy atom. The minimum absolute atomic E-state index is 0.0181. The Kier molecular flexibility index (Phi) is 5.06. The Balaban J connectivity index is 1.65. The number of Topliss-reactive ketones (excluding diaryl/α,β-unsaturated/α-hetero) is 2. The van der Waals surface area contributed by atoms with Crippen molar-refractivity contribution in [1.29, 1.82) is 0 Å². The van der Waals surface area contributed by atoms with Crippen molar-refractivity contribution in [2.24, 2.45) is 29.2 Å². The molecule has 1 heterocycles. The summed E-state index contributed by atoms with van der Waals surface area (Å²) in [4.78, 5) is 42.7. The summed E-state index contributed by atoms with van der Waals surface area (Å²) in [5.74, 6) is -6.14. The van der Waals surface area contributed by atoms with Gasteiger partial charge in [-0.05, 0) is 42.4 Å². The number of phenolic OH excluding ortho intramolecular Hbond substituents is 1. The molecule has 4 atom stereocenters. The molecule has 1 fully saturated rings. The molecule has 2 aromatic rings. The molecule has 3 aliphatic carbocycles. The van der Waals surface area contributed by atoms with Crippen molar-refractivity contribution in [3.8, 4) is 17.2 Å². The zero-order valence-corrected chi connectivity index (χ0v) is 19.0. The smallest absolute Gasteiger partial charge is 0.258 e. The summed E-state index contributed by atoms with van der Waals surface area (Å²) in [6.07, 6.45) is 0.384. The lowest BCUT2D eigenvalue weighted by Gasteiger charge is -2.43. The molecule has 0 radical (unpaired) electrons. The summed E-state index contributed by atoms with van der Waals surface area (Å²) in [5.41, 5.74) is 11.7. The molecule has 35 heavy (non-hydrogen) atoms. The maximum Gasteiger partial charge on any atom is 0.258 e. The van der Waals surface area contributed by atoms with Crippen LogP contribution < -0.4 is 11.5 Å². The Hall–Kier alpha value is -3.99. The van der Waals surface area contributed by atoms with Crippen molar-refractivity contribution >= 4 is 23.2 Å². The molecule has 182 valence electrons. The normalized spacial score (nSPS) is 26.1. The van der Waals surface area contributed by atoms with E-state index in [9.17, 15) is 29.7 Å². The number of nitrogens with two attached hydrogens (primary N) is 2. The summed E-state index contributed by atoms with van der Waals surface area (Å²) in [6, 6.07) is 1.80. The lowest BCUT2D eigenvalue weighted by atomic mass is 9.59. The van der Waals surface area contributed by atoms with Gasteiger partial charge in [-0.3, -0.25) is 14.4 Å². The molecule has 0 saturated heterocycles. The number of fused-ring (bicyclic) bond motifs is 3. The predicted octanol–water partition coefficient (Wildman–Crippen LogP) is 1.42. The van der Waals surface area contributed by atoms with E-state index in [1.807, 2.05) is 13.8 Å². The summed E-state index contributed by atoms with van der Waals surface area (Å²) < 4.78 is 5.42. The molecule has 5 rings (SSSR count). The SMILES string of the molecule is CC(C)c1noc(-c2ccc(O)c3c2C[C@H]2C[C@@H]4C(C(=O)C(C(N)=O)=C(O)[C@@H]4N)C(=O)C2=C3O)n1. The second kappa shape index (κ2) is 7.77. The Labute approximate surface area is 199 Å². The number of rotatable bonds is 3. The average molecular weight is 480 g/mol. The molecule has 0 bridgehead atoms. The fourth-order valence-electron chi connectivity index (χ4n) is 5.48. The first-order chi connectivity index (χ1) is 16.5. The molecule has 1 amide bonds. The number of amides is 1. The molecular weight excluding hydrogens is 456 g/mol. The molecule has 0 aliphatic heterocycles. The van der Waals surface area contributed by atoms with Gasteiger partial charge >= 0.3 is 0 Å². The number of allylic oxidation sites excluding steroid dienone is 1. The lowest BCUT2D eigenvalue weighted by Crippen LogP contribution is -2.54. The van der Waals surface area contributed by atoms with Crippen LogP contribution in [0.15, 0.2) is 33.6 Å². The van der Waals surface area contributed by atoms with Gasteiger partial charge in [-0.25, -0.2) is 0 Å². The highest BCUT2D eigenvalue weighted by Crippen LogP contribution is 2.50. The number of aliphatic hydroxyl groups excluding tert-OH is 2. The van der Waals surface area contributed by atoms with Crippen LogP contribution in [-0.4, -0.2) is 49.0 Å². The minimum Gasteiger partial charge on any atom is -0.510 e. The van der Waals surface area contributed by atoms with Gasteiger partial charge in [0.2, 0.25) is 0 Å². The lowest BCUT2D eigenvalue weighted by molar-refractivity contribution is -0.135. The number of aliphatic hydroxyl groups is 2. The summed E-state index contributed by atoms with van der Waals surface area (Å²) >= 11 is 0. The molecule has 3 aliphatic rings. The zero-order valence-electron chi connectivity index (χ0n) is 19.0. The van der Waals surface area contributed by atoms with Gasteiger partial charge in [0.05, 0.1) is 17.5 Å². The van der Waals surface area contributed by atoms with Gasteiger partial charge in [-0.2, -0.15) is 4.98 Å². The molecule has 7 N–H and O–H groups in total. The van der Waals surface area contributed by atoms with Gasteiger partial charge in [-0.1, -0.05) is 19.0 Å². The Morgan fingerprint density at radius 3 is 2.51 bits per heavy atom. The topological polar surface area (TPSA) is 203 Å². The van der Waals surface area contributed by atoms with E-state index in [0.717, 1.165) is 0 Å². The second-order valence-corrected chi connectivity index (χ2v) is 9.52. The number of phenols is 1. The van der Waals surface area contributed by atoms with E-state index in [-0.39, 0.29) is 41.5 Å². The maximum absolute atomic E-state index is 13.5. The van der Waals surface area contributed by atoms with Gasteiger partial charge in [0.1, 0.15) is 22.8 Å². The first kappa shape index (κ1) is 22.8. The van der Waals surface area contributed by atoms with Crippen LogP contribution in [0.25, 0.3) is 17.2 Å². The zero-order chi connectivity index (χ0) is 25.3. The number of nitrogens with zero attached hydrogens (tertiary/aromatic N) is 2. The molecule has 1 aromatic heterocycles.